The lowest BCUT2D eigenvalue weighted by atomic mass is 10.1. The molecule has 4 heteroatoms. The zero-order valence-electron chi connectivity index (χ0n) is 11.1. The van der Waals surface area contributed by atoms with Gasteiger partial charge in [0.05, 0.1) is 12.2 Å². The van der Waals surface area contributed by atoms with Gasteiger partial charge in [0, 0.05) is 12.7 Å². The molecule has 20 heavy (non-hydrogen) atoms. The molecule has 0 spiro atoms. The molecule has 102 valence electrons. The molecule has 0 aliphatic carbocycles. The SMILES string of the molecule is COCc1cccc(OCc2cccc(C#N)c2F)c1. The van der Waals surface area contributed by atoms with E-state index in [9.17, 15) is 4.39 Å². The summed E-state index contributed by atoms with van der Waals surface area (Å²) in [6.07, 6.45) is 0. The normalized spacial score (nSPS) is 10.1. The van der Waals surface area contributed by atoms with Gasteiger partial charge >= 0.3 is 0 Å². The average molecular weight is 271 g/mol. The molecule has 2 aromatic carbocycles. The summed E-state index contributed by atoms with van der Waals surface area (Å²) in [5.74, 6) is 0.115. The summed E-state index contributed by atoms with van der Waals surface area (Å²) < 4.78 is 24.5. The zero-order chi connectivity index (χ0) is 14.4. The molecule has 0 amide bonds. The number of hydrogen-bond donors (Lipinski definition) is 0. The van der Waals surface area contributed by atoms with Gasteiger partial charge in [0.15, 0.2) is 0 Å². The molecule has 0 bridgehead atoms. The van der Waals surface area contributed by atoms with E-state index >= 15 is 0 Å². The molecule has 0 aliphatic heterocycles. The number of methoxy groups -OCH3 is 1. The maximum absolute atomic E-state index is 13.9. The van der Waals surface area contributed by atoms with Crippen LogP contribution in [0.5, 0.6) is 5.75 Å². The summed E-state index contributed by atoms with van der Waals surface area (Å²) in [7, 11) is 1.62. The number of nitrogens with zero attached hydrogens (tertiary/aromatic N) is 1. The molecule has 0 aliphatic rings. The van der Waals surface area contributed by atoms with Crippen molar-refractivity contribution in [2.45, 2.75) is 13.2 Å². The number of hydrogen-bond acceptors (Lipinski definition) is 3. The van der Waals surface area contributed by atoms with E-state index in [1.54, 1.807) is 25.3 Å². The summed E-state index contributed by atoms with van der Waals surface area (Å²) in [5.41, 5.74) is 1.37. The largest absolute Gasteiger partial charge is 0.489 e. The second-order valence-corrected chi connectivity index (χ2v) is 4.26. The van der Waals surface area contributed by atoms with Crippen LogP contribution in [0.2, 0.25) is 0 Å². The Kier molecular flexibility index (Phi) is 4.70. The van der Waals surface area contributed by atoms with Crippen molar-refractivity contribution in [2.75, 3.05) is 7.11 Å². The highest BCUT2D eigenvalue weighted by atomic mass is 19.1. The van der Waals surface area contributed by atoms with Crippen molar-refractivity contribution in [3.63, 3.8) is 0 Å². The summed E-state index contributed by atoms with van der Waals surface area (Å²) in [6.45, 7) is 0.577. The Morgan fingerprint density at radius 3 is 2.70 bits per heavy atom. The third-order valence-electron chi connectivity index (χ3n) is 2.80. The van der Waals surface area contributed by atoms with E-state index in [0.717, 1.165) is 5.56 Å². The molecule has 0 radical (unpaired) electrons. The predicted octanol–water partition coefficient (Wildman–Crippen LogP) is 3.42. The van der Waals surface area contributed by atoms with Gasteiger partial charge in [-0.25, -0.2) is 4.39 Å². The second-order valence-electron chi connectivity index (χ2n) is 4.26. The zero-order valence-corrected chi connectivity index (χ0v) is 11.1. The van der Waals surface area contributed by atoms with Crippen molar-refractivity contribution in [1.82, 2.24) is 0 Å². The van der Waals surface area contributed by atoms with Crippen molar-refractivity contribution in [3.8, 4) is 11.8 Å². The van der Waals surface area contributed by atoms with Crippen molar-refractivity contribution in [2.24, 2.45) is 0 Å². The standard InChI is InChI=1S/C16H14FNO2/c1-19-10-12-4-2-7-15(8-12)20-11-14-6-3-5-13(9-18)16(14)17/h2-8H,10-11H2,1H3. The first kappa shape index (κ1) is 14.0. The van der Waals surface area contributed by atoms with E-state index in [1.807, 2.05) is 24.3 Å². The van der Waals surface area contributed by atoms with Crippen molar-refractivity contribution in [1.29, 1.82) is 5.26 Å². The molecule has 0 fully saturated rings. The molecule has 2 aromatic rings. The summed E-state index contributed by atoms with van der Waals surface area (Å²) >= 11 is 0. The average Bonchev–Trinajstić information content (AvgIpc) is 2.47. The fourth-order valence-corrected chi connectivity index (χ4v) is 1.83. The Bertz CT molecular complexity index is 635. The van der Waals surface area contributed by atoms with Crippen LogP contribution in [0.4, 0.5) is 4.39 Å². The van der Waals surface area contributed by atoms with E-state index in [-0.39, 0.29) is 12.2 Å². The minimum atomic E-state index is -0.525. The molecule has 0 saturated carbocycles. The second kappa shape index (κ2) is 6.69. The van der Waals surface area contributed by atoms with Crippen LogP contribution in [0.15, 0.2) is 42.5 Å². The van der Waals surface area contributed by atoms with Crippen molar-refractivity contribution >= 4 is 0 Å². The number of nitriles is 1. The molecule has 0 aromatic heterocycles. The first-order valence-electron chi connectivity index (χ1n) is 6.12. The quantitative estimate of drug-likeness (QED) is 0.836. The number of rotatable bonds is 5. The van der Waals surface area contributed by atoms with Crippen molar-refractivity contribution in [3.05, 3.63) is 65.0 Å². The third kappa shape index (κ3) is 3.34. The van der Waals surface area contributed by atoms with Crippen LogP contribution in [0, 0.1) is 17.1 Å². The maximum atomic E-state index is 13.9. The molecule has 0 unspecified atom stereocenters. The van der Waals surface area contributed by atoms with Crippen LogP contribution in [-0.2, 0) is 18.0 Å². The molecule has 0 N–H and O–H groups in total. The Hall–Kier alpha value is -2.38. The molecular weight excluding hydrogens is 257 g/mol. The summed E-state index contributed by atoms with van der Waals surface area (Å²) in [6, 6.07) is 13.9. The molecular formula is C16H14FNO2. The van der Waals surface area contributed by atoms with E-state index in [0.29, 0.717) is 17.9 Å². The van der Waals surface area contributed by atoms with Gasteiger partial charge in [0.1, 0.15) is 24.2 Å². The van der Waals surface area contributed by atoms with Gasteiger partial charge in [-0.15, -0.1) is 0 Å². The molecule has 0 saturated heterocycles. The van der Waals surface area contributed by atoms with Crippen LogP contribution in [0.1, 0.15) is 16.7 Å². The van der Waals surface area contributed by atoms with Gasteiger partial charge in [0.25, 0.3) is 0 Å². The van der Waals surface area contributed by atoms with Gasteiger partial charge < -0.3 is 9.47 Å². The van der Waals surface area contributed by atoms with Gasteiger partial charge in [-0.3, -0.25) is 0 Å². The fourth-order valence-electron chi connectivity index (χ4n) is 1.83. The Morgan fingerprint density at radius 1 is 1.15 bits per heavy atom. The molecule has 2 rings (SSSR count). The minimum Gasteiger partial charge on any atom is -0.489 e. The van der Waals surface area contributed by atoms with E-state index in [4.69, 9.17) is 14.7 Å². The van der Waals surface area contributed by atoms with E-state index < -0.39 is 5.82 Å². The van der Waals surface area contributed by atoms with Crippen LogP contribution in [0.25, 0.3) is 0 Å². The first-order chi connectivity index (χ1) is 9.74. The Labute approximate surface area is 117 Å². The van der Waals surface area contributed by atoms with Crippen molar-refractivity contribution < 1.29 is 13.9 Å². The Balaban J connectivity index is 2.09. The molecule has 3 nitrogen and oxygen atoms in total. The van der Waals surface area contributed by atoms with Crippen LogP contribution in [-0.4, -0.2) is 7.11 Å². The summed E-state index contributed by atoms with van der Waals surface area (Å²) in [5, 5.41) is 8.78. The van der Waals surface area contributed by atoms with Crippen LogP contribution in [0.3, 0.4) is 0 Å². The Morgan fingerprint density at radius 2 is 1.95 bits per heavy atom. The topological polar surface area (TPSA) is 42.2 Å². The minimum absolute atomic E-state index is 0.0271. The smallest absolute Gasteiger partial charge is 0.147 e. The van der Waals surface area contributed by atoms with Crippen LogP contribution >= 0.6 is 0 Å². The van der Waals surface area contributed by atoms with Crippen LogP contribution < -0.4 is 4.74 Å². The van der Waals surface area contributed by atoms with Gasteiger partial charge in [-0.05, 0) is 23.8 Å². The fraction of sp³-hybridized carbons (Fsp3) is 0.188. The number of ether oxygens (including phenoxy) is 2. The lowest BCUT2D eigenvalue weighted by Crippen LogP contribution is -2.00. The van der Waals surface area contributed by atoms with Gasteiger partial charge in [-0.2, -0.15) is 5.26 Å². The van der Waals surface area contributed by atoms with Gasteiger partial charge in [-0.1, -0.05) is 24.3 Å². The first-order valence-corrected chi connectivity index (χ1v) is 6.12. The molecule has 0 atom stereocenters. The highest BCUT2D eigenvalue weighted by Crippen LogP contribution is 2.18. The number of halogens is 1. The highest BCUT2D eigenvalue weighted by molar-refractivity contribution is 5.35. The van der Waals surface area contributed by atoms with E-state index in [2.05, 4.69) is 0 Å². The van der Waals surface area contributed by atoms with Gasteiger partial charge in [0.2, 0.25) is 0 Å². The summed E-state index contributed by atoms with van der Waals surface area (Å²) in [4.78, 5) is 0. The monoisotopic (exact) mass is 271 g/mol. The predicted molar refractivity (Wildman–Crippen MR) is 72.6 cm³/mol. The lowest BCUT2D eigenvalue weighted by molar-refractivity contribution is 0.184. The molecule has 0 heterocycles. The lowest BCUT2D eigenvalue weighted by Gasteiger charge is -2.09. The maximum Gasteiger partial charge on any atom is 0.147 e. The third-order valence-corrected chi connectivity index (χ3v) is 2.80. The van der Waals surface area contributed by atoms with E-state index in [1.165, 1.54) is 6.07 Å². The highest BCUT2D eigenvalue weighted by Gasteiger charge is 2.08. The number of benzene rings is 2.